The van der Waals surface area contributed by atoms with Crippen LogP contribution in [-0.2, 0) is 9.59 Å². The summed E-state index contributed by atoms with van der Waals surface area (Å²) in [5, 5.41) is 4.80. The van der Waals surface area contributed by atoms with Gasteiger partial charge in [-0.2, -0.15) is 0 Å². The Morgan fingerprint density at radius 3 is 2.65 bits per heavy atom. The van der Waals surface area contributed by atoms with Crippen molar-refractivity contribution in [3.63, 3.8) is 0 Å². The van der Waals surface area contributed by atoms with Gasteiger partial charge in [-0.1, -0.05) is 18.2 Å². The van der Waals surface area contributed by atoms with Gasteiger partial charge in [0.1, 0.15) is 5.82 Å². The Labute approximate surface area is 181 Å². The summed E-state index contributed by atoms with van der Waals surface area (Å²) < 4.78 is 18.7. The molecule has 0 saturated carbocycles. The summed E-state index contributed by atoms with van der Waals surface area (Å²) in [5.41, 5.74) is 0.223. The van der Waals surface area contributed by atoms with Crippen molar-refractivity contribution in [1.29, 1.82) is 0 Å². The molecule has 1 aromatic heterocycles. The molecule has 4 amide bonds. The third-order valence-corrected chi connectivity index (χ3v) is 5.24. The number of hydrogen-bond donors (Lipinski definition) is 2. The van der Waals surface area contributed by atoms with Crippen LogP contribution in [0.4, 0.5) is 9.18 Å². The molecule has 10 heteroatoms. The van der Waals surface area contributed by atoms with Gasteiger partial charge < -0.3 is 15.1 Å². The van der Waals surface area contributed by atoms with E-state index in [9.17, 15) is 23.6 Å². The average molecular weight is 445 g/mol. The molecule has 0 aliphatic carbocycles. The van der Waals surface area contributed by atoms with Gasteiger partial charge in [0.25, 0.3) is 17.1 Å². The van der Waals surface area contributed by atoms with Crippen molar-refractivity contribution in [3.8, 4) is 0 Å². The van der Waals surface area contributed by atoms with Crippen molar-refractivity contribution >= 4 is 40.8 Å². The summed E-state index contributed by atoms with van der Waals surface area (Å²) in [6.45, 7) is 0.416. The van der Waals surface area contributed by atoms with Crippen molar-refractivity contribution in [1.82, 2.24) is 15.5 Å². The van der Waals surface area contributed by atoms with E-state index in [4.69, 9.17) is 4.42 Å². The van der Waals surface area contributed by atoms with Crippen molar-refractivity contribution in [2.45, 2.75) is 12.8 Å². The molecule has 0 radical (unpaired) electrons. The lowest BCUT2D eigenvalue weighted by atomic mass is 10.2. The van der Waals surface area contributed by atoms with Gasteiger partial charge in [0.05, 0.1) is 11.2 Å². The van der Waals surface area contributed by atoms with E-state index in [0.717, 1.165) is 16.7 Å². The molecule has 3 rings (SSSR count). The van der Waals surface area contributed by atoms with Crippen molar-refractivity contribution in [3.05, 3.63) is 64.7 Å². The minimum atomic E-state index is -0.520. The van der Waals surface area contributed by atoms with E-state index in [1.54, 1.807) is 12.1 Å². The number of rotatable bonds is 9. The monoisotopic (exact) mass is 445 g/mol. The van der Waals surface area contributed by atoms with Crippen LogP contribution in [0.1, 0.15) is 29.0 Å². The number of hydrogen-bond acceptors (Lipinski definition) is 6. The van der Waals surface area contributed by atoms with Crippen LogP contribution >= 0.6 is 11.8 Å². The lowest BCUT2D eigenvalue weighted by Crippen LogP contribution is -2.37. The largest absolute Gasteiger partial charge is 0.459 e. The molecule has 1 aromatic carbocycles. The molecule has 1 saturated heterocycles. The topological polar surface area (TPSA) is 109 Å². The third-order valence-electron chi connectivity index (χ3n) is 4.33. The van der Waals surface area contributed by atoms with Gasteiger partial charge in [0.15, 0.2) is 5.76 Å². The van der Waals surface area contributed by atoms with Crippen molar-refractivity contribution in [2.24, 2.45) is 0 Å². The first-order valence-electron chi connectivity index (χ1n) is 9.54. The smallest absolute Gasteiger partial charge is 0.293 e. The van der Waals surface area contributed by atoms with Crippen LogP contribution in [0.25, 0.3) is 6.08 Å². The first-order chi connectivity index (χ1) is 15.0. The molecular weight excluding hydrogens is 425 g/mol. The van der Waals surface area contributed by atoms with Gasteiger partial charge in [-0.3, -0.25) is 24.1 Å². The Balaban J connectivity index is 1.38. The van der Waals surface area contributed by atoms with Crippen LogP contribution in [0.5, 0.6) is 0 Å². The zero-order valence-electron chi connectivity index (χ0n) is 16.4. The second kappa shape index (κ2) is 10.6. The molecule has 31 heavy (non-hydrogen) atoms. The SMILES string of the molecule is O=C(CCCNC(=O)c1ccco1)NCCN1C(=O)S/C(=C\c2ccccc2F)C1=O. The molecule has 2 aromatic rings. The summed E-state index contributed by atoms with van der Waals surface area (Å²) in [4.78, 5) is 49.2. The summed E-state index contributed by atoms with van der Waals surface area (Å²) in [6, 6.07) is 9.10. The van der Waals surface area contributed by atoms with Gasteiger partial charge in [-0.25, -0.2) is 4.39 Å². The van der Waals surface area contributed by atoms with Gasteiger partial charge >= 0.3 is 0 Å². The number of furan rings is 1. The predicted molar refractivity (Wildman–Crippen MR) is 112 cm³/mol. The standard InChI is InChI=1S/C21H20FN3O5S/c22-15-6-2-1-5-14(15)13-17-20(28)25(21(29)31-17)11-10-23-18(26)8-3-9-24-19(27)16-7-4-12-30-16/h1-2,4-7,12-13H,3,8-11H2,(H,23,26)(H,24,27)/b17-13-. The molecule has 1 aliphatic rings. The number of amides is 4. The van der Waals surface area contributed by atoms with E-state index in [-0.39, 0.29) is 47.6 Å². The number of nitrogens with zero attached hydrogens (tertiary/aromatic N) is 1. The van der Waals surface area contributed by atoms with E-state index in [1.807, 2.05) is 0 Å². The maximum atomic E-state index is 13.8. The Hall–Kier alpha value is -3.40. The van der Waals surface area contributed by atoms with E-state index >= 15 is 0 Å². The number of benzene rings is 1. The van der Waals surface area contributed by atoms with Gasteiger partial charge in [0, 0.05) is 31.6 Å². The van der Waals surface area contributed by atoms with Gasteiger partial charge in [-0.05, 0) is 42.5 Å². The fourth-order valence-electron chi connectivity index (χ4n) is 2.77. The lowest BCUT2D eigenvalue weighted by Gasteiger charge is -2.13. The first-order valence-corrected chi connectivity index (χ1v) is 10.4. The Kier molecular flexibility index (Phi) is 7.60. The van der Waals surface area contributed by atoms with Crippen LogP contribution in [0, 0.1) is 5.82 Å². The molecule has 2 heterocycles. The fraction of sp³-hybridized carbons (Fsp3) is 0.238. The molecule has 0 atom stereocenters. The highest BCUT2D eigenvalue weighted by Gasteiger charge is 2.34. The number of carbonyl (C=O) groups excluding carboxylic acids is 4. The summed E-state index contributed by atoms with van der Waals surface area (Å²) in [6.07, 6.45) is 3.34. The van der Waals surface area contributed by atoms with E-state index < -0.39 is 17.0 Å². The number of nitrogens with one attached hydrogen (secondary N) is 2. The van der Waals surface area contributed by atoms with Crippen LogP contribution < -0.4 is 10.6 Å². The number of carbonyl (C=O) groups is 4. The number of imide groups is 1. The average Bonchev–Trinajstić information content (AvgIpc) is 3.37. The minimum Gasteiger partial charge on any atom is -0.459 e. The van der Waals surface area contributed by atoms with Crippen LogP contribution in [-0.4, -0.2) is 47.5 Å². The molecule has 1 aliphatic heterocycles. The zero-order valence-corrected chi connectivity index (χ0v) is 17.2. The molecule has 0 bridgehead atoms. The van der Waals surface area contributed by atoms with Crippen molar-refractivity contribution < 1.29 is 28.0 Å². The number of halogens is 1. The second-order valence-corrected chi connectivity index (χ2v) is 7.53. The Morgan fingerprint density at radius 1 is 1.10 bits per heavy atom. The summed E-state index contributed by atoms with van der Waals surface area (Å²) in [5.74, 6) is -1.42. The van der Waals surface area contributed by atoms with E-state index in [2.05, 4.69) is 10.6 Å². The van der Waals surface area contributed by atoms with Crippen molar-refractivity contribution in [2.75, 3.05) is 19.6 Å². The minimum absolute atomic E-state index is 0.0141. The van der Waals surface area contributed by atoms with Crippen LogP contribution in [0.2, 0.25) is 0 Å². The van der Waals surface area contributed by atoms with E-state index in [1.165, 1.54) is 36.6 Å². The van der Waals surface area contributed by atoms with Gasteiger partial charge in [-0.15, -0.1) is 0 Å². The highest BCUT2D eigenvalue weighted by Crippen LogP contribution is 2.32. The maximum Gasteiger partial charge on any atom is 0.293 e. The quantitative estimate of drug-likeness (QED) is 0.454. The predicted octanol–water partition coefficient (Wildman–Crippen LogP) is 2.78. The van der Waals surface area contributed by atoms with Crippen LogP contribution in [0.15, 0.2) is 52.0 Å². The molecule has 162 valence electrons. The van der Waals surface area contributed by atoms with Gasteiger partial charge in [0.2, 0.25) is 5.91 Å². The molecule has 1 fully saturated rings. The molecule has 2 N–H and O–H groups in total. The first kappa shape index (κ1) is 22.3. The van der Waals surface area contributed by atoms with Crippen LogP contribution in [0.3, 0.4) is 0 Å². The third kappa shape index (κ3) is 6.05. The number of thioether (sulfide) groups is 1. The molecule has 8 nitrogen and oxygen atoms in total. The second-order valence-electron chi connectivity index (χ2n) is 6.54. The summed E-state index contributed by atoms with van der Waals surface area (Å²) >= 11 is 0.734. The molecule has 0 unspecified atom stereocenters. The molecule has 0 spiro atoms. The van der Waals surface area contributed by atoms with E-state index in [0.29, 0.717) is 13.0 Å². The normalized spacial score (nSPS) is 14.9. The Morgan fingerprint density at radius 2 is 1.90 bits per heavy atom. The summed E-state index contributed by atoms with van der Waals surface area (Å²) in [7, 11) is 0. The maximum absolute atomic E-state index is 13.8. The molecular formula is C21H20FN3O5S. The lowest BCUT2D eigenvalue weighted by molar-refractivity contribution is -0.124. The highest BCUT2D eigenvalue weighted by molar-refractivity contribution is 8.18. The highest BCUT2D eigenvalue weighted by atomic mass is 32.2. The fourth-order valence-corrected chi connectivity index (χ4v) is 3.62. The Bertz CT molecular complexity index is 1010. The zero-order chi connectivity index (χ0) is 22.2.